The van der Waals surface area contributed by atoms with Crippen LogP contribution in [0.3, 0.4) is 0 Å². The summed E-state index contributed by atoms with van der Waals surface area (Å²) in [6.45, 7) is 2.17. The Bertz CT molecular complexity index is 495. The van der Waals surface area contributed by atoms with Gasteiger partial charge in [0, 0.05) is 5.56 Å². The Labute approximate surface area is 121 Å². The van der Waals surface area contributed by atoms with E-state index in [-0.39, 0.29) is 12.2 Å². The topological polar surface area (TPSA) is 43.4 Å². The predicted octanol–water partition coefficient (Wildman–Crippen LogP) is 4.17. The second kappa shape index (κ2) is 7.81. The minimum absolute atomic E-state index is 0.132. The van der Waals surface area contributed by atoms with Crippen molar-refractivity contribution < 1.29 is 27.5 Å². The number of rotatable bonds is 7. The molecule has 21 heavy (non-hydrogen) atoms. The van der Waals surface area contributed by atoms with Gasteiger partial charge in [-0.15, -0.1) is 0 Å². The Balaban J connectivity index is 2.74. The molecule has 6 heteroatoms. The lowest BCUT2D eigenvalue weighted by atomic mass is 10.0. The molecule has 0 bridgehead atoms. The SMILES string of the molecule is CCCCCCOC(=O)c1ccccc1C(=O)C(F)(F)F. The summed E-state index contributed by atoms with van der Waals surface area (Å²) in [6.07, 6.45) is -1.46. The van der Waals surface area contributed by atoms with E-state index in [2.05, 4.69) is 0 Å². The molecule has 0 radical (unpaired) electrons. The predicted molar refractivity (Wildman–Crippen MR) is 71.3 cm³/mol. The van der Waals surface area contributed by atoms with E-state index in [4.69, 9.17) is 4.74 Å². The van der Waals surface area contributed by atoms with Crippen molar-refractivity contribution >= 4 is 11.8 Å². The van der Waals surface area contributed by atoms with Crippen LogP contribution in [0.5, 0.6) is 0 Å². The van der Waals surface area contributed by atoms with E-state index in [0.717, 1.165) is 31.4 Å². The fraction of sp³-hybridized carbons (Fsp3) is 0.467. The van der Waals surface area contributed by atoms with Crippen molar-refractivity contribution in [2.45, 2.75) is 38.8 Å². The molecular formula is C15H17F3O3. The molecule has 1 rings (SSSR count). The molecule has 0 heterocycles. The van der Waals surface area contributed by atoms with E-state index in [1.54, 1.807) is 0 Å². The third-order valence-electron chi connectivity index (χ3n) is 2.88. The van der Waals surface area contributed by atoms with Crippen LogP contribution in [-0.4, -0.2) is 24.5 Å². The summed E-state index contributed by atoms with van der Waals surface area (Å²) in [5, 5.41) is 0. The first-order valence-corrected chi connectivity index (χ1v) is 6.75. The monoisotopic (exact) mass is 302 g/mol. The zero-order valence-electron chi connectivity index (χ0n) is 11.7. The summed E-state index contributed by atoms with van der Waals surface area (Å²) in [5.74, 6) is -2.94. The molecule has 116 valence electrons. The maximum atomic E-state index is 12.5. The molecule has 3 nitrogen and oxygen atoms in total. The quantitative estimate of drug-likeness (QED) is 0.431. The van der Waals surface area contributed by atoms with E-state index in [1.807, 2.05) is 6.92 Å². The number of hydrogen-bond donors (Lipinski definition) is 0. The van der Waals surface area contributed by atoms with Crippen LogP contribution in [0.4, 0.5) is 13.2 Å². The highest BCUT2D eigenvalue weighted by molar-refractivity contribution is 6.08. The van der Waals surface area contributed by atoms with E-state index >= 15 is 0 Å². The number of carbonyl (C=O) groups excluding carboxylic acids is 2. The van der Waals surface area contributed by atoms with Gasteiger partial charge in [-0.3, -0.25) is 4.79 Å². The first-order valence-electron chi connectivity index (χ1n) is 6.75. The highest BCUT2D eigenvalue weighted by Gasteiger charge is 2.41. The number of esters is 1. The van der Waals surface area contributed by atoms with Gasteiger partial charge in [0.05, 0.1) is 12.2 Å². The average Bonchev–Trinajstić information content (AvgIpc) is 2.45. The van der Waals surface area contributed by atoms with Gasteiger partial charge in [0.15, 0.2) is 0 Å². The number of halogens is 3. The Hall–Kier alpha value is -1.85. The van der Waals surface area contributed by atoms with E-state index in [0.29, 0.717) is 6.42 Å². The van der Waals surface area contributed by atoms with Crippen LogP contribution in [0.25, 0.3) is 0 Å². The van der Waals surface area contributed by atoms with Gasteiger partial charge in [-0.05, 0) is 12.5 Å². The number of Topliss-reactive ketones (excluding diaryl/α,β-unsaturated/α-hetero) is 1. The number of unbranched alkanes of at least 4 members (excludes halogenated alkanes) is 3. The summed E-state index contributed by atoms with van der Waals surface area (Å²) in [7, 11) is 0. The van der Waals surface area contributed by atoms with Crippen molar-refractivity contribution in [2.24, 2.45) is 0 Å². The first kappa shape index (κ1) is 17.2. The lowest BCUT2D eigenvalue weighted by Crippen LogP contribution is -2.25. The molecule has 0 amide bonds. The molecule has 0 aliphatic heterocycles. The van der Waals surface area contributed by atoms with E-state index < -0.39 is 23.5 Å². The van der Waals surface area contributed by atoms with Crippen molar-refractivity contribution in [3.8, 4) is 0 Å². The van der Waals surface area contributed by atoms with Crippen molar-refractivity contribution in [3.63, 3.8) is 0 Å². The Morgan fingerprint density at radius 1 is 1.05 bits per heavy atom. The third kappa shape index (κ3) is 5.21. The largest absolute Gasteiger partial charge is 0.462 e. The molecule has 0 unspecified atom stereocenters. The summed E-state index contributed by atoms with van der Waals surface area (Å²) in [5.41, 5.74) is -1.03. The molecule has 0 fully saturated rings. The average molecular weight is 302 g/mol. The number of carbonyl (C=O) groups is 2. The minimum atomic E-state index is -5.02. The fourth-order valence-corrected chi connectivity index (χ4v) is 1.78. The Morgan fingerprint density at radius 2 is 1.67 bits per heavy atom. The number of ether oxygens (including phenoxy) is 1. The smallest absolute Gasteiger partial charge is 0.454 e. The molecule has 0 spiro atoms. The summed E-state index contributed by atoms with van der Waals surface area (Å²) >= 11 is 0. The van der Waals surface area contributed by atoms with Crippen LogP contribution in [0, 0.1) is 0 Å². The van der Waals surface area contributed by atoms with E-state index in [1.165, 1.54) is 12.1 Å². The highest BCUT2D eigenvalue weighted by Crippen LogP contribution is 2.24. The standard InChI is InChI=1S/C15H17F3O3/c1-2-3-4-7-10-21-14(20)12-9-6-5-8-11(12)13(19)15(16,17)18/h5-6,8-9H,2-4,7,10H2,1H3. The van der Waals surface area contributed by atoms with Gasteiger partial charge in [-0.2, -0.15) is 13.2 Å². The number of alkyl halides is 3. The normalized spacial score (nSPS) is 11.2. The van der Waals surface area contributed by atoms with Crippen LogP contribution in [0.15, 0.2) is 24.3 Å². The summed E-state index contributed by atoms with van der Waals surface area (Å²) in [6, 6.07) is 4.80. The zero-order valence-corrected chi connectivity index (χ0v) is 11.7. The van der Waals surface area contributed by atoms with Crippen LogP contribution >= 0.6 is 0 Å². The van der Waals surface area contributed by atoms with Crippen molar-refractivity contribution in [2.75, 3.05) is 6.61 Å². The second-order valence-corrected chi connectivity index (χ2v) is 4.57. The minimum Gasteiger partial charge on any atom is -0.462 e. The molecule has 0 atom stereocenters. The third-order valence-corrected chi connectivity index (χ3v) is 2.88. The van der Waals surface area contributed by atoms with Crippen LogP contribution in [0.1, 0.15) is 53.3 Å². The van der Waals surface area contributed by atoms with Crippen molar-refractivity contribution in [1.82, 2.24) is 0 Å². The van der Waals surface area contributed by atoms with Gasteiger partial charge in [-0.25, -0.2) is 4.79 Å². The lowest BCUT2D eigenvalue weighted by Gasteiger charge is -2.10. The van der Waals surface area contributed by atoms with Gasteiger partial charge >= 0.3 is 12.1 Å². The second-order valence-electron chi connectivity index (χ2n) is 4.57. The number of hydrogen-bond acceptors (Lipinski definition) is 3. The van der Waals surface area contributed by atoms with E-state index in [9.17, 15) is 22.8 Å². The van der Waals surface area contributed by atoms with Gasteiger partial charge < -0.3 is 4.74 Å². The van der Waals surface area contributed by atoms with Gasteiger partial charge in [0.2, 0.25) is 0 Å². The van der Waals surface area contributed by atoms with Gasteiger partial charge in [0.1, 0.15) is 0 Å². The lowest BCUT2D eigenvalue weighted by molar-refractivity contribution is -0.0885. The molecular weight excluding hydrogens is 285 g/mol. The first-order chi connectivity index (χ1) is 9.88. The van der Waals surface area contributed by atoms with Gasteiger partial charge in [-0.1, -0.05) is 44.4 Å². The molecule has 0 saturated carbocycles. The highest BCUT2D eigenvalue weighted by atomic mass is 19.4. The molecule has 1 aromatic rings. The molecule has 0 aliphatic rings. The molecule has 0 aromatic heterocycles. The maximum Gasteiger partial charge on any atom is 0.454 e. The van der Waals surface area contributed by atoms with Crippen LogP contribution in [0.2, 0.25) is 0 Å². The Morgan fingerprint density at radius 3 is 2.24 bits per heavy atom. The summed E-state index contributed by atoms with van der Waals surface area (Å²) < 4.78 is 42.3. The Kier molecular flexibility index (Phi) is 6.39. The molecule has 0 aliphatic carbocycles. The van der Waals surface area contributed by atoms with Crippen molar-refractivity contribution in [1.29, 1.82) is 0 Å². The summed E-state index contributed by atoms with van der Waals surface area (Å²) in [4.78, 5) is 23.1. The maximum absolute atomic E-state index is 12.5. The van der Waals surface area contributed by atoms with Gasteiger partial charge in [0.25, 0.3) is 5.78 Å². The zero-order chi connectivity index (χ0) is 15.9. The molecule has 0 saturated heterocycles. The molecule has 1 aromatic carbocycles. The van der Waals surface area contributed by atoms with Crippen LogP contribution in [-0.2, 0) is 4.74 Å². The van der Waals surface area contributed by atoms with Crippen LogP contribution < -0.4 is 0 Å². The molecule has 0 N–H and O–H groups in total. The van der Waals surface area contributed by atoms with Crippen molar-refractivity contribution in [3.05, 3.63) is 35.4 Å². The number of ketones is 1. The fourth-order valence-electron chi connectivity index (χ4n) is 1.78. The number of benzene rings is 1.